The third kappa shape index (κ3) is 7.33. The van der Waals surface area contributed by atoms with Crippen molar-refractivity contribution < 1.29 is 4.79 Å². The van der Waals surface area contributed by atoms with E-state index in [2.05, 4.69) is 17.1 Å². The lowest BCUT2D eigenvalue weighted by Crippen LogP contribution is -2.35. The second kappa shape index (κ2) is 8.68. The van der Waals surface area contributed by atoms with Gasteiger partial charge in [0.05, 0.1) is 0 Å². The van der Waals surface area contributed by atoms with Gasteiger partial charge in [-0.1, -0.05) is 13.8 Å². The Kier molecular flexibility index (Phi) is 8.33. The lowest BCUT2D eigenvalue weighted by molar-refractivity contribution is -0.124. The molecule has 0 aliphatic rings. The number of rotatable bonds is 8. The first-order valence-electron chi connectivity index (χ1n) is 5.78. The number of hydrogen-bond acceptors (Lipinski definition) is 3. The van der Waals surface area contributed by atoms with Gasteiger partial charge in [-0.25, -0.2) is 0 Å². The van der Waals surface area contributed by atoms with Crippen molar-refractivity contribution in [3.63, 3.8) is 0 Å². The largest absolute Gasteiger partial charge is 0.355 e. The molecule has 4 heteroatoms. The highest BCUT2D eigenvalue weighted by Crippen LogP contribution is 2.03. The molecule has 0 aromatic heterocycles. The van der Waals surface area contributed by atoms with Crippen molar-refractivity contribution in [1.29, 1.82) is 0 Å². The molecule has 0 radical (unpaired) electrons. The van der Waals surface area contributed by atoms with E-state index in [1.54, 1.807) is 0 Å². The van der Waals surface area contributed by atoms with Crippen LogP contribution in [0.25, 0.3) is 0 Å². The third-order valence-electron chi connectivity index (χ3n) is 2.62. The smallest absolute Gasteiger partial charge is 0.222 e. The van der Waals surface area contributed by atoms with Gasteiger partial charge in [0.1, 0.15) is 0 Å². The summed E-state index contributed by atoms with van der Waals surface area (Å²) in [5.74, 6) is 0.230. The molecule has 15 heavy (non-hydrogen) atoms. The van der Waals surface area contributed by atoms with Crippen molar-refractivity contribution in [1.82, 2.24) is 10.2 Å². The van der Waals surface area contributed by atoms with Gasteiger partial charge in [0.15, 0.2) is 0 Å². The van der Waals surface area contributed by atoms with Crippen LogP contribution in [0.15, 0.2) is 0 Å². The van der Waals surface area contributed by atoms with Crippen LogP contribution in [0, 0.1) is 5.92 Å². The average Bonchev–Trinajstić information content (AvgIpc) is 2.25. The molecule has 0 aromatic carbocycles. The zero-order valence-corrected chi connectivity index (χ0v) is 10.3. The van der Waals surface area contributed by atoms with E-state index in [0.29, 0.717) is 6.54 Å². The molecule has 1 atom stereocenters. The number of nitrogens with one attached hydrogen (secondary N) is 1. The maximum absolute atomic E-state index is 11.5. The molecular formula is C11H25N3O. The molecule has 0 aliphatic heterocycles. The molecule has 0 fully saturated rings. The molecule has 4 nitrogen and oxygen atoms in total. The molecule has 0 saturated heterocycles. The molecule has 0 saturated carbocycles. The molecule has 0 bridgehead atoms. The summed E-state index contributed by atoms with van der Waals surface area (Å²) in [5, 5.41) is 2.94. The van der Waals surface area contributed by atoms with Gasteiger partial charge in [-0.2, -0.15) is 0 Å². The molecule has 0 spiro atoms. The Morgan fingerprint density at radius 1 is 1.53 bits per heavy atom. The Balaban J connectivity index is 3.55. The Hall–Kier alpha value is -0.610. The van der Waals surface area contributed by atoms with Gasteiger partial charge in [0, 0.05) is 19.0 Å². The van der Waals surface area contributed by atoms with Crippen LogP contribution in [0.5, 0.6) is 0 Å². The monoisotopic (exact) mass is 215 g/mol. The van der Waals surface area contributed by atoms with Gasteiger partial charge < -0.3 is 16.0 Å². The quantitative estimate of drug-likeness (QED) is 0.617. The van der Waals surface area contributed by atoms with E-state index in [0.717, 1.165) is 32.5 Å². The maximum atomic E-state index is 11.5. The number of carbonyl (C=O) groups excluding carboxylic acids is 1. The van der Waals surface area contributed by atoms with E-state index in [1.807, 2.05) is 14.0 Å². The summed E-state index contributed by atoms with van der Waals surface area (Å²) in [6.45, 7) is 7.37. The molecule has 0 heterocycles. The summed E-state index contributed by atoms with van der Waals surface area (Å²) in [6, 6.07) is 0. The highest BCUT2D eigenvalue weighted by Gasteiger charge is 2.11. The number of amides is 1. The SMILES string of the molecule is CCN(C)CCNC(=O)C(C)CCCN. The van der Waals surface area contributed by atoms with Crippen LogP contribution >= 0.6 is 0 Å². The van der Waals surface area contributed by atoms with Crippen molar-refractivity contribution in [3.8, 4) is 0 Å². The van der Waals surface area contributed by atoms with Crippen molar-refractivity contribution in [2.24, 2.45) is 11.7 Å². The second-order valence-corrected chi connectivity index (χ2v) is 4.02. The minimum absolute atomic E-state index is 0.0838. The van der Waals surface area contributed by atoms with Gasteiger partial charge in [-0.15, -0.1) is 0 Å². The van der Waals surface area contributed by atoms with Gasteiger partial charge in [0.25, 0.3) is 0 Å². The number of nitrogens with two attached hydrogens (primary N) is 1. The normalized spacial score (nSPS) is 12.9. The Morgan fingerprint density at radius 3 is 2.73 bits per heavy atom. The van der Waals surface area contributed by atoms with E-state index in [9.17, 15) is 4.79 Å². The fraction of sp³-hybridized carbons (Fsp3) is 0.909. The summed E-state index contributed by atoms with van der Waals surface area (Å²) in [7, 11) is 2.05. The zero-order chi connectivity index (χ0) is 11.7. The predicted molar refractivity (Wildman–Crippen MR) is 63.6 cm³/mol. The van der Waals surface area contributed by atoms with Crippen LogP contribution in [0.3, 0.4) is 0 Å². The zero-order valence-electron chi connectivity index (χ0n) is 10.3. The standard InChI is InChI=1S/C11H25N3O/c1-4-14(3)9-8-13-11(15)10(2)6-5-7-12/h10H,4-9,12H2,1-3H3,(H,13,15). The summed E-state index contributed by atoms with van der Waals surface area (Å²) < 4.78 is 0. The Bertz CT molecular complexity index is 173. The average molecular weight is 215 g/mol. The van der Waals surface area contributed by atoms with Crippen LogP contribution in [-0.4, -0.2) is 44.0 Å². The van der Waals surface area contributed by atoms with E-state index in [-0.39, 0.29) is 11.8 Å². The van der Waals surface area contributed by atoms with Crippen LogP contribution in [-0.2, 0) is 4.79 Å². The van der Waals surface area contributed by atoms with Crippen LogP contribution < -0.4 is 11.1 Å². The Labute approximate surface area is 93.2 Å². The van der Waals surface area contributed by atoms with E-state index >= 15 is 0 Å². The minimum atomic E-state index is 0.0838. The van der Waals surface area contributed by atoms with E-state index in [4.69, 9.17) is 5.73 Å². The molecule has 1 amide bonds. The summed E-state index contributed by atoms with van der Waals surface area (Å²) >= 11 is 0. The predicted octanol–water partition coefficient (Wildman–Crippen LogP) is 0.429. The van der Waals surface area contributed by atoms with Crippen molar-refractivity contribution in [2.45, 2.75) is 26.7 Å². The lowest BCUT2D eigenvalue weighted by Gasteiger charge is -2.16. The highest BCUT2D eigenvalue weighted by atomic mass is 16.1. The van der Waals surface area contributed by atoms with Crippen LogP contribution in [0.4, 0.5) is 0 Å². The third-order valence-corrected chi connectivity index (χ3v) is 2.62. The summed E-state index contributed by atoms with van der Waals surface area (Å²) in [5.41, 5.74) is 5.40. The number of carbonyl (C=O) groups is 1. The topological polar surface area (TPSA) is 58.4 Å². The van der Waals surface area contributed by atoms with Gasteiger partial charge >= 0.3 is 0 Å². The molecule has 3 N–H and O–H groups in total. The summed E-state index contributed by atoms with van der Waals surface area (Å²) in [6.07, 6.45) is 1.80. The summed E-state index contributed by atoms with van der Waals surface area (Å²) in [4.78, 5) is 13.7. The maximum Gasteiger partial charge on any atom is 0.222 e. The Morgan fingerprint density at radius 2 is 2.20 bits per heavy atom. The van der Waals surface area contributed by atoms with Gasteiger partial charge in [-0.3, -0.25) is 4.79 Å². The fourth-order valence-electron chi connectivity index (χ4n) is 1.26. The molecule has 90 valence electrons. The first kappa shape index (κ1) is 14.4. The molecule has 0 aromatic rings. The van der Waals surface area contributed by atoms with Gasteiger partial charge in [-0.05, 0) is 33.0 Å². The first-order chi connectivity index (χ1) is 7.11. The van der Waals surface area contributed by atoms with E-state index < -0.39 is 0 Å². The van der Waals surface area contributed by atoms with Gasteiger partial charge in [0.2, 0.25) is 5.91 Å². The highest BCUT2D eigenvalue weighted by molar-refractivity contribution is 5.78. The van der Waals surface area contributed by atoms with Crippen molar-refractivity contribution in [2.75, 3.05) is 33.2 Å². The molecular weight excluding hydrogens is 190 g/mol. The first-order valence-corrected chi connectivity index (χ1v) is 5.78. The van der Waals surface area contributed by atoms with Crippen molar-refractivity contribution in [3.05, 3.63) is 0 Å². The van der Waals surface area contributed by atoms with Crippen molar-refractivity contribution >= 4 is 5.91 Å². The lowest BCUT2D eigenvalue weighted by atomic mass is 10.1. The number of hydrogen-bond donors (Lipinski definition) is 2. The number of nitrogens with zero attached hydrogens (tertiary/aromatic N) is 1. The van der Waals surface area contributed by atoms with E-state index in [1.165, 1.54) is 0 Å². The van der Waals surface area contributed by atoms with Crippen LogP contribution in [0.2, 0.25) is 0 Å². The minimum Gasteiger partial charge on any atom is -0.355 e. The fourth-order valence-corrected chi connectivity index (χ4v) is 1.26. The second-order valence-electron chi connectivity index (χ2n) is 4.02. The van der Waals surface area contributed by atoms with Crippen LogP contribution in [0.1, 0.15) is 26.7 Å². The molecule has 0 rings (SSSR count). The molecule has 1 unspecified atom stereocenters. The molecule has 0 aliphatic carbocycles. The number of likely N-dealkylation sites (N-methyl/N-ethyl adjacent to an activating group) is 1.